The van der Waals surface area contributed by atoms with Crippen molar-refractivity contribution in [3.8, 4) is 0 Å². The lowest BCUT2D eigenvalue weighted by atomic mass is 9.90. The summed E-state index contributed by atoms with van der Waals surface area (Å²) >= 11 is 0. The number of hydrogen-bond donors (Lipinski definition) is 1. The molecule has 3 amide bonds. The number of hydrogen-bond acceptors (Lipinski definition) is 4. The lowest BCUT2D eigenvalue weighted by molar-refractivity contribution is -0.133. The first kappa shape index (κ1) is 23.9. The number of imide groups is 1. The maximum Gasteiger partial charge on any atom is 0.326 e. The minimum Gasteiger partial charge on any atom is -0.323 e. The van der Waals surface area contributed by atoms with Gasteiger partial charge in [-0.05, 0) is 48.2 Å². The first-order chi connectivity index (χ1) is 16.9. The summed E-state index contributed by atoms with van der Waals surface area (Å²) in [6.07, 6.45) is 5.59. The number of amides is 3. The fourth-order valence-corrected chi connectivity index (χ4v) is 5.74. The summed E-state index contributed by atoms with van der Waals surface area (Å²) in [6.45, 7) is 3.06. The third kappa shape index (κ3) is 4.95. The summed E-state index contributed by atoms with van der Waals surface area (Å²) < 4.78 is 27.2. The Morgan fingerprint density at radius 3 is 1.80 bits per heavy atom. The van der Waals surface area contributed by atoms with Gasteiger partial charge in [0, 0.05) is 26.2 Å². The number of piperazine rings is 1. The molecule has 0 radical (unpaired) electrons. The molecule has 0 unspecified atom stereocenters. The van der Waals surface area contributed by atoms with Gasteiger partial charge in [-0.3, -0.25) is 14.6 Å². The summed E-state index contributed by atoms with van der Waals surface area (Å²) in [5, 5.41) is 3.02. The first-order valence-corrected chi connectivity index (χ1v) is 12.6. The highest BCUT2D eigenvalue weighted by Crippen LogP contribution is 2.33. The van der Waals surface area contributed by atoms with Crippen LogP contribution >= 0.6 is 0 Å². The van der Waals surface area contributed by atoms with Crippen molar-refractivity contribution >= 4 is 11.9 Å². The van der Waals surface area contributed by atoms with E-state index < -0.39 is 5.54 Å². The Hall–Kier alpha value is -2.84. The second kappa shape index (κ2) is 10.0. The lowest BCUT2D eigenvalue weighted by Crippen LogP contribution is -2.52. The highest BCUT2D eigenvalue weighted by molar-refractivity contribution is 6.07. The number of carbonyl (C=O) groups is 2. The van der Waals surface area contributed by atoms with Crippen LogP contribution < -0.4 is 5.32 Å². The zero-order valence-corrected chi connectivity index (χ0v) is 19.9. The molecule has 0 atom stereocenters. The first-order valence-electron chi connectivity index (χ1n) is 12.6. The van der Waals surface area contributed by atoms with E-state index in [1.165, 1.54) is 29.2 Å². The molecule has 186 valence electrons. The molecule has 6 nitrogen and oxygen atoms in total. The average Bonchev–Trinajstić information content (AvgIpc) is 3.01. The van der Waals surface area contributed by atoms with Crippen molar-refractivity contribution in [3.63, 3.8) is 0 Å². The fraction of sp³-hybridized carbons (Fsp3) is 0.481. The van der Waals surface area contributed by atoms with Gasteiger partial charge in [0.05, 0.1) is 12.7 Å². The van der Waals surface area contributed by atoms with Crippen LogP contribution in [0, 0.1) is 11.6 Å². The molecule has 8 heteroatoms. The van der Waals surface area contributed by atoms with E-state index in [0.717, 1.165) is 49.7 Å². The highest BCUT2D eigenvalue weighted by atomic mass is 19.1. The van der Waals surface area contributed by atoms with Crippen LogP contribution in [0.25, 0.3) is 0 Å². The zero-order chi connectivity index (χ0) is 24.4. The SMILES string of the molecule is O=C1NC2(CCCCCC2)C(=O)N1CN1CCN(C(c2ccc(F)cc2)c2ccc(F)cc2)CC1. The normalized spacial score (nSPS) is 21.5. The molecule has 0 aromatic heterocycles. The Morgan fingerprint density at radius 2 is 1.29 bits per heavy atom. The maximum absolute atomic E-state index is 13.6. The molecule has 1 aliphatic carbocycles. The van der Waals surface area contributed by atoms with E-state index in [0.29, 0.717) is 26.2 Å². The van der Waals surface area contributed by atoms with Gasteiger partial charge >= 0.3 is 6.03 Å². The predicted octanol–water partition coefficient (Wildman–Crippen LogP) is 4.27. The van der Waals surface area contributed by atoms with Gasteiger partial charge in [0.25, 0.3) is 5.91 Å². The van der Waals surface area contributed by atoms with E-state index in [4.69, 9.17) is 0 Å². The molecule has 3 aliphatic rings. The number of urea groups is 1. The molecular formula is C27H32F2N4O2. The Kier molecular flexibility index (Phi) is 6.84. The smallest absolute Gasteiger partial charge is 0.323 e. The molecule has 2 heterocycles. The van der Waals surface area contributed by atoms with Crippen molar-refractivity contribution in [2.75, 3.05) is 32.8 Å². The standard InChI is InChI=1S/C27H32F2N4O2/c28-22-9-5-20(6-10-22)24(21-7-11-23(29)12-8-21)32-17-15-31(16-18-32)19-33-25(34)27(30-26(33)35)13-3-1-2-4-14-27/h5-12,24H,1-4,13-19H2,(H,30,35). The van der Waals surface area contributed by atoms with Gasteiger partial charge in [-0.1, -0.05) is 49.9 Å². The van der Waals surface area contributed by atoms with Gasteiger partial charge in [-0.15, -0.1) is 0 Å². The van der Waals surface area contributed by atoms with E-state index in [-0.39, 0.29) is 36.3 Å². The van der Waals surface area contributed by atoms with E-state index in [1.807, 2.05) is 0 Å². The van der Waals surface area contributed by atoms with Crippen LogP contribution in [0.1, 0.15) is 55.7 Å². The van der Waals surface area contributed by atoms with E-state index >= 15 is 0 Å². The summed E-state index contributed by atoms with van der Waals surface area (Å²) in [5.74, 6) is -0.671. The fourth-order valence-electron chi connectivity index (χ4n) is 5.74. The molecule has 5 rings (SSSR count). The van der Waals surface area contributed by atoms with Crippen molar-refractivity contribution in [2.24, 2.45) is 0 Å². The second-order valence-corrected chi connectivity index (χ2v) is 9.96. The maximum atomic E-state index is 13.6. The van der Waals surface area contributed by atoms with Crippen LogP contribution in [0.4, 0.5) is 13.6 Å². The van der Waals surface area contributed by atoms with Crippen molar-refractivity contribution in [3.05, 3.63) is 71.3 Å². The Bertz CT molecular complexity index is 998. The van der Waals surface area contributed by atoms with Crippen LogP contribution in [-0.2, 0) is 4.79 Å². The lowest BCUT2D eigenvalue weighted by Gasteiger charge is -2.40. The molecule has 2 aromatic carbocycles. The molecule has 2 aliphatic heterocycles. The van der Waals surface area contributed by atoms with Crippen LogP contribution in [-0.4, -0.2) is 65.0 Å². The zero-order valence-electron chi connectivity index (χ0n) is 19.9. The summed E-state index contributed by atoms with van der Waals surface area (Å²) in [6, 6.07) is 12.5. The number of nitrogens with one attached hydrogen (secondary N) is 1. The van der Waals surface area contributed by atoms with Crippen LogP contribution in [0.5, 0.6) is 0 Å². The summed E-state index contributed by atoms with van der Waals surface area (Å²) in [4.78, 5) is 31.8. The topological polar surface area (TPSA) is 55.9 Å². The van der Waals surface area contributed by atoms with Gasteiger partial charge in [0.15, 0.2) is 0 Å². The molecule has 0 bridgehead atoms. The number of halogens is 2. The predicted molar refractivity (Wildman–Crippen MR) is 128 cm³/mol. The van der Waals surface area contributed by atoms with Crippen molar-refractivity contribution in [1.82, 2.24) is 20.0 Å². The number of benzene rings is 2. The molecule has 35 heavy (non-hydrogen) atoms. The summed E-state index contributed by atoms with van der Waals surface area (Å²) in [5.41, 5.74) is 1.16. The Balaban J connectivity index is 1.27. The minimum absolute atomic E-state index is 0.0812. The third-order valence-electron chi connectivity index (χ3n) is 7.69. The van der Waals surface area contributed by atoms with Gasteiger partial charge in [0.1, 0.15) is 17.2 Å². The van der Waals surface area contributed by atoms with Crippen molar-refractivity contribution < 1.29 is 18.4 Å². The van der Waals surface area contributed by atoms with Crippen LogP contribution in [0.2, 0.25) is 0 Å². The number of nitrogens with zero attached hydrogens (tertiary/aromatic N) is 3. The van der Waals surface area contributed by atoms with Crippen molar-refractivity contribution in [2.45, 2.75) is 50.1 Å². The van der Waals surface area contributed by atoms with Gasteiger partial charge < -0.3 is 5.32 Å². The van der Waals surface area contributed by atoms with Crippen LogP contribution in [0.3, 0.4) is 0 Å². The molecule has 3 fully saturated rings. The molecule has 1 spiro atoms. The van der Waals surface area contributed by atoms with E-state index in [1.54, 1.807) is 24.3 Å². The monoisotopic (exact) mass is 482 g/mol. The van der Waals surface area contributed by atoms with E-state index in [9.17, 15) is 18.4 Å². The minimum atomic E-state index is -0.717. The molecular weight excluding hydrogens is 450 g/mol. The number of rotatable bonds is 5. The third-order valence-corrected chi connectivity index (χ3v) is 7.69. The Labute approximate surface area is 204 Å². The molecule has 1 saturated carbocycles. The molecule has 2 aromatic rings. The largest absolute Gasteiger partial charge is 0.326 e. The van der Waals surface area contributed by atoms with Crippen molar-refractivity contribution in [1.29, 1.82) is 0 Å². The second-order valence-electron chi connectivity index (χ2n) is 9.96. The number of carbonyl (C=O) groups excluding carboxylic acids is 2. The summed E-state index contributed by atoms with van der Waals surface area (Å²) in [7, 11) is 0. The highest BCUT2D eigenvalue weighted by Gasteiger charge is 2.51. The van der Waals surface area contributed by atoms with Gasteiger partial charge in [0.2, 0.25) is 0 Å². The van der Waals surface area contributed by atoms with Gasteiger partial charge in [-0.25, -0.2) is 18.5 Å². The average molecular weight is 483 g/mol. The van der Waals surface area contributed by atoms with E-state index in [2.05, 4.69) is 15.1 Å². The van der Waals surface area contributed by atoms with Gasteiger partial charge in [-0.2, -0.15) is 0 Å². The molecule has 2 saturated heterocycles. The Morgan fingerprint density at radius 1 is 0.771 bits per heavy atom. The molecule has 1 N–H and O–H groups in total. The quantitative estimate of drug-likeness (QED) is 0.647. The van der Waals surface area contributed by atoms with Crippen LogP contribution in [0.15, 0.2) is 48.5 Å².